The number of ether oxygens (including phenoxy) is 2. The van der Waals surface area contributed by atoms with Crippen LogP contribution in [0.3, 0.4) is 0 Å². The summed E-state index contributed by atoms with van der Waals surface area (Å²) in [5.74, 6) is 1.19. The van der Waals surface area contributed by atoms with Crippen LogP contribution in [-0.2, 0) is 35.4 Å². The Labute approximate surface area is 234 Å². The van der Waals surface area contributed by atoms with Crippen LogP contribution in [0.5, 0.6) is 0 Å². The van der Waals surface area contributed by atoms with Crippen molar-refractivity contribution in [3.63, 3.8) is 0 Å². The van der Waals surface area contributed by atoms with Crippen LogP contribution in [0.2, 0.25) is 0 Å². The van der Waals surface area contributed by atoms with E-state index in [-0.39, 0.29) is 18.7 Å². The van der Waals surface area contributed by atoms with Crippen molar-refractivity contribution < 1.29 is 14.3 Å². The number of aryl methyl sites for hydroxylation is 1. The molecule has 204 valence electrons. The fourth-order valence-electron chi connectivity index (χ4n) is 5.75. The average Bonchev–Trinajstić information content (AvgIpc) is 3.61. The predicted octanol–water partition coefficient (Wildman–Crippen LogP) is 5.59. The van der Waals surface area contributed by atoms with Crippen LogP contribution in [0.15, 0.2) is 85.3 Å². The van der Waals surface area contributed by atoms with Crippen molar-refractivity contribution in [2.45, 2.75) is 45.8 Å². The molecule has 2 aliphatic heterocycles. The van der Waals surface area contributed by atoms with Gasteiger partial charge in [-0.1, -0.05) is 60.7 Å². The van der Waals surface area contributed by atoms with Crippen molar-refractivity contribution in [1.29, 1.82) is 0 Å². The van der Waals surface area contributed by atoms with Gasteiger partial charge in [0.15, 0.2) is 11.6 Å². The van der Waals surface area contributed by atoms with E-state index in [0.717, 1.165) is 53.1 Å². The number of hydrogen-bond donors (Lipinski definition) is 1. The third-order valence-corrected chi connectivity index (χ3v) is 7.99. The van der Waals surface area contributed by atoms with Crippen molar-refractivity contribution in [2.75, 3.05) is 18.2 Å². The molecule has 1 amide bonds. The molecule has 4 heterocycles. The summed E-state index contributed by atoms with van der Waals surface area (Å²) in [6.45, 7) is 10.6. The van der Waals surface area contributed by atoms with Gasteiger partial charge in [-0.05, 0) is 48.6 Å². The van der Waals surface area contributed by atoms with Crippen molar-refractivity contribution in [1.82, 2.24) is 14.9 Å². The number of benzene rings is 2. The molecule has 1 N–H and O–H groups in total. The number of fused-ring (bicyclic) bond motifs is 2. The number of nitrogens with one attached hydrogen (secondary N) is 1. The maximum absolute atomic E-state index is 13.9. The third kappa shape index (κ3) is 4.83. The molecule has 0 aliphatic carbocycles. The lowest BCUT2D eigenvalue weighted by Gasteiger charge is -2.31. The second kappa shape index (κ2) is 10.9. The van der Waals surface area contributed by atoms with Gasteiger partial charge < -0.3 is 24.3 Å². The molecule has 2 aliphatic rings. The van der Waals surface area contributed by atoms with E-state index < -0.39 is 0 Å². The summed E-state index contributed by atoms with van der Waals surface area (Å²) >= 11 is 0. The highest BCUT2D eigenvalue weighted by Crippen LogP contribution is 2.35. The van der Waals surface area contributed by atoms with Gasteiger partial charge in [0.05, 0.1) is 11.6 Å². The zero-order valence-electron chi connectivity index (χ0n) is 23.0. The Hall–Kier alpha value is -4.52. The number of aromatic nitrogens is 2. The fraction of sp³-hybridized carbons (Fsp3) is 0.273. The number of nitrogens with zero attached hydrogens (tertiary/aromatic N) is 3. The number of pyridine rings is 1. The van der Waals surface area contributed by atoms with Crippen LogP contribution in [0.4, 0.5) is 5.82 Å². The van der Waals surface area contributed by atoms with Gasteiger partial charge in [0.1, 0.15) is 12.0 Å². The molecule has 0 fully saturated rings. The van der Waals surface area contributed by atoms with Crippen molar-refractivity contribution in [2.24, 2.45) is 0 Å². The molecule has 40 heavy (non-hydrogen) atoms. The summed E-state index contributed by atoms with van der Waals surface area (Å²) in [6.07, 6.45) is 5.01. The van der Waals surface area contributed by atoms with E-state index in [9.17, 15) is 4.79 Å². The number of allylic oxidation sites excluding steroid dienone is 1. The highest BCUT2D eigenvalue weighted by atomic mass is 16.7. The van der Waals surface area contributed by atoms with Crippen LogP contribution < -0.4 is 10.2 Å². The lowest BCUT2D eigenvalue weighted by molar-refractivity contribution is 0.0705. The average molecular weight is 535 g/mol. The summed E-state index contributed by atoms with van der Waals surface area (Å²) in [6, 6.07) is 20.2. The number of carbonyl (C=O) groups excluding carboxylic acids is 1. The summed E-state index contributed by atoms with van der Waals surface area (Å²) in [5, 5.41) is 4.22. The fourth-order valence-corrected chi connectivity index (χ4v) is 5.75. The van der Waals surface area contributed by atoms with Gasteiger partial charge in [0.25, 0.3) is 5.91 Å². The van der Waals surface area contributed by atoms with E-state index in [2.05, 4.69) is 59.5 Å². The second-order valence-corrected chi connectivity index (χ2v) is 10.4. The molecule has 1 unspecified atom stereocenters. The number of amides is 1. The number of hydrogen-bond acceptors (Lipinski definition) is 5. The zero-order valence-corrected chi connectivity index (χ0v) is 23.0. The first kappa shape index (κ1) is 25.7. The summed E-state index contributed by atoms with van der Waals surface area (Å²) in [4.78, 5) is 21.2. The first-order chi connectivity index (χ1) is 19.5. The maximum atomic E-state index is 13.9. The molecular formula is C33H34N4O3. The molecular weight excluding hydrogens is 500 g/mol. The van der Waals surface area contributed by atoms with E-state index in [1.54, 1.807) is 6.26 Å². The van der Waals surface area contributed by atoms with Crippen LogP contribution in [0.1, 0.15) is 38.4 Å². The smallest absolute Gasteiger partial charge is 0.270 e. The standard InChI is InChI=1S/C33H34N4O3/c1-4-15-37-23(3)22(2)27-18-29(34-32(31(27)37)36-16-14-25-12-8-9-13-26(25)19-36)33(38)35-28(30-20-39-21-40-30)17-24-10-6-5-7-11-24/h4-13,18,20,28H,1,14-17,19,21H2,2-3H3,(H,35,38). The Bertz CT molecular complexity index is 1610. The monoisotopic (exact) mass is 534 g/mol. The topological polar surface area (TPSA) is 68.6 Å². The normalized spacial score (nSPS) is 15.2. The first-order valence-corrected chi connectivity index (χ1v) is 13.8. The molecule has 0 radical (unpaired) electrons. The summed E-state index contributed by atoms with van der Waals surface area (Å²) in [7, 11) is 0. The molecule has 0 saturated heterocycles. The Kier molecular flexibility index (Phi) is 7.03. The SMILES string of the molecule is C=CCn1c(C)c(C)c2cc(C(=O)NC(Cc3ccccc3)C3=COCO3)nc(N3CCc4ccccc4C3)c21. The molecule has 0 spiro atoms. The molecule has 7 nitrogen and oxygen atoms in total. The van der Waals surface area contributed by atoms with Gasteiger partial charge in [-0.15, -0.1) is 6.58 Å². The number of carbonyl (C=O) groups is 1. The van der Waals surface area contributed by atoms with E-state index >= 15 is 0 Å². The van der Waals surface area contributed by atoms with Crippen LogP contribution in [0, 0.1) is 13.8 Å². The van der Waals surface area contributed by atoms with E-state index in [1.807, 2.05) is 42.5 Å². The van der Waals surface area contributed by atoms with E-state index in [0.29, 0.717) is 24.4 Å². The highest BCUT2D eigenvalue weighted by molar-refractivity contribution is 6.01. The zero-order chi connectivity index (χ0) is 27.6. The molecule has 6 rings (SSSR count). The predicted molar refractivity (Wildman–Crippen MR) is 157 cm³/mol. The van der Waals surface area contributed by atoms with Gasteiger partial charge in [0.2, 0.25) is 6.79 Å². The molecule has 4 aromatic rings. The molecule has 7 heteroatoms. The molecule has 0 bridgehead atoms. The summed E-state index contributed by atoms with van der Waals surface area (Å²) in [5.41, 5.74) is 7.48. The molecule has 2 aromatic carbocycles. The van der Waals surface area contributed by atoms with Gasteiger partial charge in [-0.3, -0.25) is 4.79 Å². The first-order valence-electron chi connectivity index (χ1n) is 13.8. The highest BCUT2D eigenvalue weighted by Gasteiger charge is 2.28. The lowest BCUT2D eigenvalue weighted by atomic mass is 9.99. The Morgan fingerprint density at radius 3 is 2.65 bits per heavy atom. The minimum atomic E-state index is -0.381. The Morgan fingerprint density at radius 1 is 1.12 bits per heavy atom. The molecule has 0 saturated carbocycles. The van der Waals surface area contributed by atoms with Gasteiger partial charge in [0, 0.05) is 37.1 Å². The Morgan fingerprint density at radius 2 is 1.90 bits per heavy atom. The van der Waals surface area contributed by atoms with Gasteiger partial charge in [-0.2, -0.15) is 0 Å². The minimum absolute atomic E-state index is 0.149. The number of anilines is 1. The van der Waals surface area contributed by atoms with Crippen LogP contribution >= 0.6 is 0 Å². The largest absolute Gasteiger partial charge is 0.462 e. The van der Waals surface area contributed by atoms with E-state index in [1.165, 1.54) is 11.1 Å². The van der Waals surface area contributed by atoms with Crippen LogP contribution in [-0.4, -0.2) is 34.8 Å². The van der Waals surface area contributed by atoms with Crippen molar-refractivity contribution in [3.05, 3.63) is 119 Å². The third-order valence-electron chi connectivity index (χ3n) is 7.99. The lowest BCUT2D eigenvalue weighted by Crippen LogP contribution is -2.39. The van der Waals surface area contributed by atoms with Crippen molar-refractivity contribution in [3.8, 4) is 0 Å². The Balaban J connectivity index is 1.40. The van der Waals surface area contributed by atoms with Gasteiger partial charge in [-0.25, -0.2) is 4.98 Å². The maximum Gasteiger partial charge on any atom is 0.270 e. The minimum Gasteiger partial charge on any atom is -0.462 e. The van der Waals surface area contributed by atoms with Crippen LogP contribution in [0.25, 0.3) is 10.9 Å². The van der Waals surface area contributed by atoms with Gasteiger partial charge >= 0.3 is 0 Å². The molecule has 1 atom stereocenters. The summed E-state index contributed by atoms with van der Waals surface area (Å²) < 4.78 is 13.3. The molecule has 2 aromatic heterocycles. The van der Waals surface area contributed by atoms with E-state index in [4.69, 9.17) is 14.5 Å². The quantitative estimate of drug-likeness (QED) is 0.299. The number of rotatable bonds is 8. The second-order valence-electron chi connectivity index (χ2n) is 10.4. The van der Waals surface area contributed by atoms with Crippen molar-refractivity contribution >= 4 is 22.6 Å².